The van der Waals surface area contributed by atoms with Crippen LogP contribution >= 0.6 is 15.9 Å². The second-order valence-electron chi connectivity index (χ2n) is 5.17. The molecule has 0 aliphatic carbocycles. The summed E-state index contributed by atoms with van der Waals surface area (Å²) >= 11 is 3.16. The molecule has 2 nitrogen and oxygen atoms in total. The lowest BCUT2D eigenvalue weighted by Crippen LogP contribution is -2.30. The number of hydrogen-bond donors (Lipinski definition) is 1. The molecule has 0 spiro atoms. The zero-order valence-electron chi connectivity index (χ0n) is 10.1. The van der Waals surface area contributed by atoms with E-state index in [9.17, 15) is 14.3 Å². The smallest absolute Gasteiger partial charge is 0.307 e. The third-order valence-electron chi connectivity index (χ3n) is 2.80. The van der Waals surface area contributed by atoms with Gasteiger partial charge in [-0.15, -0.1) is 0 Å². The Labute approximate surface area is 109 Å². The molecule has 4 heteroatoms. The lowest BCUT2D eigenvalue weighted by atomic mass is 9.77. The monoisotopic (exact) mass is 302 g/mol. The van der Waals surface area contributed by atoms with Gasteiger partial charge in [0, 0.05) is 0 Å². The molecule has 0 aliphatic heterocycles. The van der Waals surface area contributed by atoms with Gasteiger partial charge in [-0.3, -0.25) is 4.79 Å². The first-order valence-corrected chi connectivity index (χ1v) is 6.18. The number of rotatable bonds is 3. The molecule has 0 bridgehead atoms. The summed E-state index contributed by atoms with van der Waals surface area (Å²) in [6.07, 6.45) is 0.317. The topological polar surface area (TPSA) is 37.3 Å². The molecule has 0 fully saturated rings. The van der Waals surface area contributed by atoms with Gasteiger partial charge in [0.1, 0.15) is 5.82 Å². The lowest BCUT2D eigenvalue weighted by Gasteiger charge is -2.27. The Morgan fingerprint density at radius 3 is 2.53 bits per heavy atom. The van der Waals surface area contributed by atoms with Crippen molar-refractivity contribution in [3.05, 3.63) is 34.1 Å². The molecule has 1 unspecified atom stereocenters. The number of hydrogen-bond acceptors (Lipinski definition) is 1. The fourth-order valence-corrected chi connectivity index (χ4v) is 2.12. The van der Waals surface area contributed by atoms with Crippen LogP contribution in [0.3, 0.4) is 0 Å². The van der Waals surface area contributed by atoms with Gasteiger partial charge in [-0.1, -0.05) is 32.9 Å². The summed E-state index contributed by atoms with van der Waals surface area (Å²) < 4.78 is 13.7. The number of aliphatic carboxylic acids is 1. The maximum atomic E-state index is 13.3. The first-order chi connectivity index (χ1) is 7.73. The van der Waals surface area contributed by atoms with E-state index in [4.69, 9.17) is 0 Å². The maximum absolute atomic E-state index is 13.3. The Hall–Kier alpha value is -0.900. The summed E-state index contributed by atoms with van der Waals surface area (Å²) in [5.74, 6) is -1.75. The van der Waals surface area contributed by atoms with Gasteiger partial charge in [-0.05, 0) is 39.4 Å². The van der Waals surface area contributed by atoms with Crippen molar-refractivity contribution in [1.29, 1.82) is 0 Å². The molecule has 0 radical (unpaired) electrons. The third kappa shape index (κ3) is 3.53. The Kier molecular flexibility index (Phi) is 4.31. The minimum Gasteiger partial charge on any atom is -0.481 e. The van der Waals surface area contributed by atoms with E-state index in [1.807, 2.05) is 20.8 Å². The van der Waals surface area contributed by atoms with Gasteiger partial charge in [-0.25, -0.2) is 4.39 Å². The van der Waals surface area contributed by atoms with Crippen LogP contribution in [-0.4, -0.2) is 11.1 Å². The van der Waals surface area contributed by atoms with Gasteiger partial charge in [0.15, 0.2) is 0 Å². The molecule has 1 rings (SSSR count). The molecule has 0 aromatic heterocycles. The van der Waals surface area contributed by atoms with Crippen molar-refractivity contribution >= 4 is 21.9 Å². The second kappa shape index (κ2) is 5.17. The summed E-state index contributed by atoms with van der Waals surface area (Å²) in [7, 11) is 0. The first-order valence-electron chi connectivity index (χ1n) is 5.39. The standard InChI is InChI=1S/C13H16BrFO2/c1-13(2,3)9(12(16)17)7-8-5-4-6-10(15)11(8)14/h4-6,9H,7H2,1-3H3,(H,16,17). The van der Waals surface area contributed by atoms with Crippen molar-refractivity contribution in [3.8, 4) is 0 Å². The Balaban J connectivity index is 3.03. The van der Waals surface area contributed by atoms with E-state index in [0.717, 1.165) is 0 Å². The highest BCUT2D eigenvalue weighted by molar-refractivity contribution is 9.10. The molecule has 0 saturated carbocycles. The average molecular weight is 303 g/mol. The highest BCUT2D eigenvalue weighted by Crippen LogP contribution is 2.32. The van der Waals surface area contributed by atoms with Crippen LogP contribution in [0.2, 0.25) is 0 Å². The summed E-state index contributed by atoms with van der Waals surface area (Å²) in [5.41, 5.74) is 0.324. The van der Waals surface area contributed by atoms with Crippen LogP contribution in [-0.2, 0) is 11.2 Å². The average Bonchev–Trinajstić information content (AvgIpc) is 2.17. The largest absolute Gasteiger partial charge is 0.481 e. The first kappa shape index (κ1) is 14.2. The minimum atomic E-state index is -0.853. The van der Waals surface area contributed by atoms with Crippen LogP contribution in [0.4, 0.5) is 4.39 Å². The summed E-state index contributed by atoms with van der Waals surface area (Å²) in [5, 5.41) is 9.22. The Morgan fingerprint density at radius 2 is 2.06 bits per heavy atom. The molecule has 0 amide bonds. The summed E-state index contributed by atoms with van der Waals surface area (Å²) in [6, 6.07) is 4.69. The number of carboxylic acid groups (broad SMARTS) is 1. The molecule has 0 saturated heterocycles. The van der Waals surface area contributed by atoms with Crippen molar-refractivity contribution in [3.63, 3.8) is 0 Å². The van der Waals surface area contributed by atoms with Gasteiger partial charge in [0.25, 0.3) is 0 Å². The van der Waals surface area contributed by atoms with Crippen molar-refractivity contribution < 1.29 is 14.3 Å². The van der Waals surface area contributed by atoms with Crippen molar-refractivity contribution in [2.75, 3.05) is 0 Å². The number of carbonyl (C=O) groups is 1. The quantitative estimate of drug-likeness (QED) is 0.920. The molecule has 17 heavy (non-hydrogen) atoms. The number of carboxylic acids is 1. The fourth-order valence-electron chi connectivity index (χ4n) is 1.69. The van der Waals surface area contributed by atoms with E-state index in [1.54, 1.807) is 12.1 Å². The van der Waals surface area contributed by atoms with Crippen molar-refractivity contribution in [1.82, 2.24) is 0 Å². The van der Waals surface area contributed by atoms with E-state index in [2.05, 4.69) is 15.9 Å². The normalized spacial score (nSPS) is 13.5. The van der Waals surface area contributed by atoms with Gasteiger partial charge < -0.3 is 5.11 Å². The third-order valence-corrected chi connectivity index (χ3v) is 3.69. The molecule has 1 N–H and O–H groups in total. The minimum absolute atomic E-state index is 0.317. The van der Waals surface area contributed by atoms with E-state index in [1.165, 1.54) is 6.07 Å². The van der Waals surface area contributed by atoms with E-state index in [0.29, 0.717) is 16.5 Å². The molecular weight excluding hydrogens is 287 g/mol. The van der Waals surface area contributed by atoms with Crippen molar-refractivity contribution in [2.24, 2.45) is 11.3 Å². The summed E-state index contributed by atoms with van der Waals surface area (Å²) in [6.45, 7) is 5.62. The van der Waals surface area contributed by atoms with Crippen LogP contribution in [0.5, 0.6) is 0 Å². The van der Waals surface area contributed by atoms with Crippen molar-refractivity contribution in [2.45, 2.75) is 27.2 Å². The maximum Gasteiger partial charge on any atom is 0.307 e. The van der Waals surface area contributed by atoms with Crippen LogP contribution in [0.1, 0.15) is 26.3 Å². The Bertz CT molecular complexity index is 424. The van der Waals surface area contributed by atoms with Crippen LogP contribution < -0.4 is 0 Å². The van der Waals surface area contributed by atoms with Gasteiger partial charge in [0.05, 0.1) is 10.4 Å². The molecular formula is C13H16BrFO2. The van der Waals surface area contributed by atoms with Gasteiger partial charge in [-0.2, -0.15) is 0 Å². The van der Waals surface area contributed by atoms with Crippen LogP contribution in [0.25, 0.3) is 0 Å². The summed E-state index contributed by atoms with van der Waals surface area (Å²) in [4.78, 5) is 11.2. The molecule has 94 valence electrons. The SMILES string of the molecule is CC(C)(C)C(Cc1cccc(F)c1Br)C(=O)O. The Morgan fingerprint density at radius 1 is 1.47 bits per heavy atom. The molecule has 0 heterocycles. The van der Waals surface area contributed by atoms with Gasteiger partial charge in [0.2, 0.25) is 0 Å². The van der Waals surface area contributed by atoms with Crippen LogP contribution in [0.15, 0.2) is 22.7 Å². The molecule has 0 aliphatic rings. The zero-order valence-corrected chi connectivity index (χ0v) is 11.7. The number of halogens is 2. The van der Waals surface area contributed by atoms with E-state index >= 15 is 0 Å². The highest BCUT2D eigenvalue weighted by Gasteiger charge is 2.31. The van der Waals surface area contributed by atoms with Crippen LogP contribution in [0, 0.1) is 17.2 Å². The predicted octanol–water partition coefficient (Wildman–Crippen LogP) is 3.88. The molecule has 1 atom stereocenters. The lowest BCUT2D eigenvalue weighted by molar-refractivity contribution is -0.145. The number of benzene rings is 1. The van der Waals surface area contributed by atoms with E-state index < -0.39 is 11.9 Å². The highest BCUT2D eigenvalue weighted by atomic mass is 79.9. The fraction of sp³-hybridized carbons (Fsp3) is 0.462. The van der Waals surface area contributed by atoms with E-state index in [-0.39, 0.29) is 11.2 Å². The van der Waals surface area contributed by atoms with Gasteiger partial charge >= 0.3 is 5.97 Å². The predicted molar refractivity (Wildman–Crippen MR) is 68.4 cm³/mol. The molecule has 1 aromatic carbocycles. The molecule has 1 aromatic rings. The second-order valence-corrected chi connectivity index (χ2v) is 5.97. The zero-order chi connectivity index (χ0) is 13.2.